The van der Waals surface area contributed by atoms with Gasteiger partial charge in [0.05, 0.1) is 13.2 Å². The van der Waals surface area contributed by atoms with Crippen molar-refractivity contribution in [1.29, 1.82) is 0 Å². The number of hydrogen-bond acceptors (Lipinski definition) is 3. The van der Waals surface area contributed by atoms with Gasteiger partial charge in [-0.3, -0.25) is 9.59 Å². The van der Waals surface area contributed by atoms with Crippen LogP contribution in [0, 0.1) is 11.8 Å². The molecule has 2 aliphatic rings. The van der Waals surface area contributed by atoms with Crippen molar-refractivity contribution in [3.8, 4) is 5.75 Å². The summed E-state index contributed by atoms with van der Waals surface area (Å²) in [6.45, 7) is 0.660. The molecule has 1 N–H and O–H groups in total. The molecule has 0 radical (unpaired) electrons. The second-order valence-electron chi connectivity index (χ2n) is 6.60. The average molecular weight is 316 g/mol. The molecule has 1 saturated heterocycles. The Hall–Kier alpha value is -2.04. The van der Waals surface area contributed by atoms with E-state index in [2.05, 4.69) is 5.32 Å². The van der Waals surface area contributed by atoms with Gasteiger partial charge < -0.3 is 15.0 Å². The number of methoxy groups -OCH3 is 1. The van der Waals surface area contributed by atoms with Gasteiger partial charge in [0.15, 0.2) is 0 Å². The predicted octanol–water partition coefficient (Wildman–Crippen LogP) is 2.13. The van der Waals surface area contributed by atoms with Crippen LogP contribution in [0.25, 0.3) is 0 Å². The van der Waals surface area contributed by atoms with Crippen LogP contribution in [0.5, 0.6) is 5.75 Å². The minimum Gasteiger partial charge on any atom is -0.497 e. The van der Waals surface area contributed by atoms with E-state index in [-0.39, 0.29) is 23.8 Å². The first-order chi connectivity index (χ1) is 11.1. The summed E-state index contributed by atoms with van der Waals surface area (Å²) in [5.74, 6) is 1.20. The monoisotopic (exact) mass is 316 g/mol. The van der Waals surface area contributed by atoms with Crippen LogP contribution in [-0.2, 0) is 9.59 Å². The van der Waals surface area contributed by atoms with Crippen molar-refractivity contribution < 1.29 is 14.3 Å². The number of nitrogens with one attached hydrogen (secondary N) is 1. The third-order valence-electron chi connectivity index (χ3n) is 4.90. The van der Waals surface area contributed by atoms with E-state index in [9.17, 15) is 9.59 Å². The summed E-state index contributed by atoms with van der Waals surface area (Å²) in [6.07, 6.45) is 3.35. The summed E-state index contributed by atoms with van der Waals surface area (Å²) in [4.78, 5) is 26.1. The lowest BCUT2D eigenvalue weighted by atomic mass is 9.94. The summed E-state index contributed by atoms with van der Waals surface area (Å²) in [6, 6.07) is 7.93. The Morgan fingerprint density at radius 3 is 2.52 bits per heavy atom. The van der Waals surface area contributed by atoms with Crippen LogP contribution in [0.1, 0.15) is 37.3 Å². The second kappa shape index (κ2) is 6.60. The van der Waals surface area contributed by atoms with E-state index in [1.54, 1.807) is 19.1 Å². The van der Waals surface area contributed by atoms with Crippen molar-refractivity contribution in [2.75, 3.05) is 20.7 Å². The lowest BCUT2D eigenvalue weighted by Gasteiger charge is -2.29. The van der Waals surface area contributed by atoms with Crippen molar-refractivity contribution in [2.45, 2.75) is 31.7 Å². The molecule has 2 atom stereocenters. The van der Waals surface area contributed by atoms with Gasteiger partial charge in [0.25, 0.3) is 0 Å². The number of hydrogen-bond donors (Lipinski definition) is 1. The minimum atomic E-state index is -0.196. The Morgan fingerprint density at radius 1 is 1.26 bits per heavy atom. The van der Waals surface area contributed by atoms with E-state index in [0.29, 0.717) is 18.9 Å². The van der Waals surface area contributed by atoms with E-state index in [0.717, 1.165) is 30.6 Å². The summed E-state index contributed by atoms with van der Waals surface area (Å²) in [7, 11) is 3.44. The number of benzene rings is 1. The number of ether oxygens (including phenoxy) is 1. The molecular formula is C18H24N2O3. The molecule has 0 unspecified atom stereocenters. The van der Waals surface area contributed by atoms with Crippen LogP contribution in [0.15, 0.2) is 24.3 Å². The van der Waals surface area contributed by atoms with Crippen molar-refractivity contribution in [3.63, 3.8) is 0 Å². The summed E-state index contributed by atoms with van der Waals surface area (Å²) in [5.41, 5.74) is 1.11. The zero-order valence-corrected chi connectivity index (χ0v) is 13.7. The highest BCUT2D eigenvalue weighted by Crippen LogP contribution is 2.41. The normalized spacial score (nSPS) is 22.6. The number of rotatable bonds is 5. The molecule has 0 spiro atoms. The average Bonchev–Trinajstić information content (AvgIpc) is 3.40. The van der Waals surface area contributed by atoms with E-state index in [1.165, 1.54) is 0 Å². The number of amides is 2. The SMILES string of the molecule is COc1ccc([C@H](NC(=O)[C@H]2CCN(C)C(=O)C2)C2CC2)cc1. The molecule has 5 nitrogen and oxygen atoms in total. The van der Waals surface area contributed by atoms with E-state index >= 15 is 0 Å². The largest absolute Gasteiger partial charge is 0.497 e. The molecule has 23 heavy (non-hydrogen) atoms. The van der Waals surface area contributed by atoms with Gasteiger partial charge in [-0.2, -0.15) is 0 Å². The Morgan fingerprint density at radius 2 is 1.96 bits per heavy atom. The molecule has 3 rings (SSSR count). The van der Waals surface area contributed by atoms with E-state index in [4.69, 9.17) is 4.74 Å². The molecule has 1 heterocycles. The fourth-order valence-electron chi connectivity index (χ4n) is 3.15. The number of carbonyl (C=O) groups excluding carboxylic acids is 2. The zero-order chi connectivity index (χ0) is 16.4. The van der Waals surface area contributed by atoms with Gasteiger partial charge in [0.1, 0.15) is 5.75 Å². The Labute approximate surface area is 137 Å². The molecule has 1 aromatic carbocycles. The van der Waals surface area contributed by atoms with Gasteiger partial charge in [0.2, 0.25) is 11.8 Å². The Kier molecular flexibility index (Phi) is 4.55. The first kappa shape index (κ1) is 15.8. The molecule has 0 aromatic heterocycles. The minimum absolute atomic E-state index is 0.0131. The number of piperidine rings is 1. The highest BCUT2D eigenvalue weighted by atomic mass is 16.5. The molecule has 2 amide bonds. The highest BCUT2D eigenvalue weighted by molar-refractivity contribution is 5.87. The maximum atomic E-state index is 12.6. The second-order valence-corrected chi connectivity index (χ2v) is 6.60. The van der Waals surface area contributed by atoms with Crippen LogP contribution >= 0.6 is 0 Å². The van der Waals surface area contributed by atoms with Gasteiger partial charge in [-0.05, 0) is 42.9 Å². The standard InChI is InChI=1S/C18H24N2O3/c1-20-10-9-14(11-16(20)21)18(22)19-17(12-3-4-12)13-5-7-15(23-2)8-6-13/h5-8,12,14,17H,3-4,9-11H2,1-2H3,(H,19,22)/t14-,17+/m0/s1. The van der Waals surface area contributed by atoms with Crippen molar-refractivity contribution in [3.05, 3.63) is 29.8 Å². The third kappa shape index (κ3) is 3.66. The number of likely N-dealkylation sites (tertiary alicyclic amines) is 1. The molecule has 2 fully saturated rings. The summed E-state index contributed by atoms with van der Waals surface area (Å²) >= 11 is 0. The molecule has 1 aromatic rings. The van der Waals surface area contributed by atoms with Crippen LogP contribution in [0.3, 0.4) is 0 Å². The van der Waals surface area contributed by atoms with Crippen molar-refractivity contribution >= 4 is 11.8 Å². The van der Waals surface area contributed by atoms with Crippen LogP contribution < -0.4 is 10.1 Å². The lowest BCUT2D eigenvalue weighted by molar-refractivity contribution is -0.139. The number of nitrogens with zero attached hydrogens (tertiary/aromatic N) is 1. The number of carbonyl (C=O) groups is 2. The van der Waals surface area contributed by atoms with Crippen LogP contribution in [-0.4, -0.2) is 37.4 Å². The molecular weight excluding hydrogens is 292 g/mol. The zero-order valence-electron chi connectivity index (χ0n) is 13.7. The fraction of sp³-hybridized carbons (Fsp3) is 0.556. The van der Waals surface area contributed by atoms with Gasteiger partial charge in [-0.25, -0.2) is 0 Å². The maximum absolute atomic E-state index is 12.6. The van der Waals surface area contributed by atoms with Gasteiger partial charge >= 0.3 is 0 Å². The molecule has 1 saturated carbocycles. The van der Waals surface area contributed by atoms with Gasteiger partial charge in [0, 0.05) is 25.9 Å². The predicted molar refractivity (Wildman–Crippen MR) is 87.0 cm³/mol. The molecule has 124 valence electrons. The molecule has 0 bridgehead atoms. The Bertz CT molecular complexity index is 580. The van der Waals surface area contributed by atoms with Crippen LogP contribution in [0.4, 0.5) is 0 Å². The Balaban J connectivity index is 1.67. The maximum Gasteiger partial charge on any atom is 0.224 e. The molecule has 1 aliphatic carbocycles. The van der Waals surface area contributed by atoms with E-state index in [1.807, 2.05) is 24.3 Å². The highest BCUT2D eigenvalue weighted by Gasteiger charge is 2.36. The molecule has 5 heteroatoms. The van der Waals surface area contributed by atoms with Crippen molar-refractivity contribution in [2.24, 2.45) is 11.8 Å². The van der Waals surface area contributed by atoms with Gasteiger partial charge in [-0.15, -0.1) is 0 Å². The summed E-state index contributed by atoms with van der Waals surface area (Å²) in [5, 5.41) is 3.19. The molecule has 1 aliphatic heterocycles. The van der Waals surface area contributed by atoms with Gasteiger partial charge in [-0.1, -0.05) is 12.1 Å². The first-order valence-electron chi connectivity index (χ1n) is 8.26. The summed E-state index contributed by atoms with van der Waals surface area (Å²) < 4.78 is 5.19. The smallest absolute Gasteiger partial charge is 0.224 e. The van der Waals surface area contributed by atoms with E-state index < -0.39 is 0 Å². The van der Waals surface area contributed by atoms with Crippen LogP contribution in [0.2, 0.25) is 0 Å². The van der Waals surface area contributed by atoms with Crippen molar-refractivity contribution in [1.82, 2.24) is 10.2 Å². The quantitative estimate of drug-likeness (QED) is 0.905. The lowest BCUT2D eigenvalue weighted by Crippen LogP contribution is -2.43. The third-order valence-corrected chi connectivity index (χ3v) is 4.90. The fourth-order valence-corrected chi connectivity index (χ4v) is 3.15. The topological polar surface area (TPSA) is 58.6 Å². The first-order valence-corrected chi connectivity index (χ1v) is 8.26.